The predicted molar refractivity (Wildman–Crippen MR) is 71.2 cm³/mol. The van der Waals surface area contributed by atoms with Gasteiger partial charge in [0, 0.05) is 35.0 Å². The molecule has 0 fully saturated rings. The predicted octanol–water partition coefficient (Wildman–Crippen LogP) is 0.830. The fourth-order valence-electron chi connectivity index (χ4n) is 1.68. The van der Waals surface area contributed by atoms with Crippen LogP contribution in [0.3, 0.4) is 0 Å². The van der Waals surface area contributed by atoms with Gasteiger partial charge in [-0.25, -0.2) is 9.07 Å². The summed E-state index contributed by atoms with van der Waals surface area (Å²) in [4.78, 5) is 0. The topological polar surface area (TPSA) is 86.7 Å². The second-order valence-corrected chi connectivity index (χ2v) is 5.65. The Kier molecular flexibility index (Phi) is 4.20. The first kappa shape index (κ1) is 13.6. The number of aryl methyl sites for hydroxylation is 1. The van der Waals surface area contributed by atoms with E-state index in [-0.39, 0.29) is 5.56 Å². The Morgan fingerprint density at radius 1 is 1.47 bits per heavy atom. The first-order valence-electron chi connectivity index (χ1n) is 5.69. The number of anilines is 1. The van der Waals surface area contributed by atoms with Gasteiger partial charge in [-0.3, -0.25) is 4.21 Å². The van der Waals surface area contributed by atoms with Gasteiger partial charge in [-0.15, -0.1) is 5.10 Å². The zero-order valence-corrected chi connectivity index (χ0v) is 11.2. The lowest BCUT2D eigenvalue weighted by Crippen LogP contribution is -2.07. The zero-order valence-electron chi connectivity index (χ0n) is 10.4. The number of rotatable bonds is 5. The van der Waals surface area contributed by atoms with Crippen LogP contribution in [0.5, 0.6) is 0 Å². The summed E-state index contributed by atoms with van der Waals surface area (Å²) >= 11 is 0. The minimum absolute atomic E-state index is 0.266. The smallest absolute Gasteiger partial charge is 0.185 e. The standard InChI is InChI=1S/C11H14FN5OS/c1-19(18)6-2-5-17-11(14-15-16-17)9-7-8(13)3-4-10(9)12/h3-4,7H,2,5-6,13H2,1H3. The minimum Gasteiger partial charge on any atom is -0.399 e. The largest absolute Gasteiger partial charge is 0.399 e. The van der Waals surface area contributed by atoms with Gasteiger partial charge in [0.05, 0.1) is 5.56 Å². The van der Waals surface area contributed by atoms with Gasteiger partial charge in [0.15, 0.2) is 5.82 Å². The third-order valence-electron chi connectivity index (χ3n) is 2.56. The lowest BCUT2D eigenvalue weighted by Gasteiger charge is -2.05. The molecule has 1 heterocycles. The van der Waals surface area contributed by atoms with E-state index in [1.807, 2.05) is 0 Å². The molecule has 0 radical (unpaired) electrons. The van der Waals surface area contributed by atoms with E-state index in [2.05, 4.69) is 15.5 Å². The van der Waals surface area contributed by atoms with E-state index in [4.69, 9.17) is 5.73 Å². The Labute approximate surface area is 112 Å². The lowest BCUT2D eigenvalue weighted by atomic mass is 10.2. The number of aromatic nitrogens is 4. The van der Waals surface area contributed by atoms with Gasteiger partial charge in [-0.2, -0.15) is 0 Å². The van der Waals surface area contributed by atoms with Crippen LogP contribution < -0.4 is 5.73 Å². The average molecular weight is 283 g/mol. The van der Waals surface area contributed by atoms with Crippen molar-refractivity contribution >= 4 is 16.5 Å². The maximum Gasteiger partial charge on any atom is 0.185 e. The molecular weight excluding hydrogens is 269 g/mol. The molecule has 0 saturated carbocycles. The quantitative estimate of drug-likeness (QED) is 0.821. The maximum absolute atomic E-state index is 13.8. The van der Waals surface area contributed by atoms with E-state index in [0.29, 0.717) is 30.2 Å². The van der Waals surface area contributed by atoms with Gasteiger partial charge in [-0.05, 0) is 35.0 Å². The summed E-state index contributed by atoms with van der Waals surface area (Å²) in [6.45, 7) is 0.482. The molecule has 0 aliphatic heterocycles. The van der Waals surface area contributed by atoms with Gasteiger partial charge in [0.25, 0.3) is 0 Å². The van der Waals surface area contributed by atoms with Crippen LogP contribution in [-0.4, -0.2) is 36.4 Å². The second-order valence-electron chi connectivity index (χ2n) is 4.10. The van der Waals surface area contributed by atoms with Crippen LogP contribution in [0.15, 0.2) is 18.2 Å². The normalized spacial score (nSPS) is 12.5. The molecule has 1 aromatic heterocycles. The summed E-state index contributed by atoms with van der Waals surface area (Å²) in [7, 11) is -0.862. The summed E-state index contributed by atoms with van der Waals surface area (Å²) in [6, 6.07) is 4.26. The van der Waals surface area contributed by atoms with Crippen molar-refractivity contribution in [1.29, 1.82) is 0 Å². The molecule has 1 unspecified atom stereocenters. The van der Waals surface area contributed by atoms with E-state index in [1.165, 1.54) is 22.9 Å². The molecule has 2 aromatic rings. The molecule has 1 atom stereocenters. The van der Waals surface area contributed by atoms with Crippen LogP contribution in [0.2, 0.25) is 0 Å². The minimum atomic E-state index is -0.862. The highest BCUT2D eigenvalue weighted by Crippen LogP contribution is 2.22. The van der Waals surface area contributed by atoms with Crippen LogP contribution in [0.25, 0.3) is 11.4 Å². The highest BCUT2D eigenvalue weighted by Gasteiger charge is 2.13. The fourth-order valence-corrected chi connectivity index (χ4v) is 2.22. The molecule has 0 saturated heterocycles. The summed E-state index contributed by atoms with van der Waals surface area (Å²) in [6.07, 6.45) is 2.29. The Bertz CT molecular complexity index is 601. The number of hydrogen-bond acceptors (Lipinski definition) is 5. The molecule has 19 heavy (non-hydrogen) atoms. The van der Waals surface area contributed by atoms with Crippen molar-refractivity contribution in [2.75, 3.05) is 17.7 Å². The third kappa shape index (κ3) is 3.34. The molecule has 0 aliphatic rings. The van der Waals surface area contributed by atoms with Crippen molar-refractivity contribution in [1.82, 2.24) is 20.2 Å². The SMILES string of the molecule is CS(=O)CCCn1nnnc1-c1cc(N)ccc1F. The fraction of sp³-hybridized carbons (Fsp3) is 0.364. The van der Waals surface area contributed by atoms with Crippen LogP contribution in [0.4, 0.5) is 10.1 Å². The van der Waals surface area contributed by atoms with E-state index in [1.54, 1.807) is 6.26 Å². The number of hydrogen-bond donors (Lipinski definition) is 1. The van der Waals surface area contributed by atoms with Crippen molar-refractivity contribution in [3.8, 4) is 11.4 Å². The molecule has 0 amide bonds. The molecule has 2 N–H and O–H groups in total. The number of nitrogens with two attached hydrogens (primary N) is 1. The number of nitrogen functional groups attached to an aromatic ring is 1. The Morgan fingerprint density at radius 2 is 2.26 bits per heavy atom. The highest BCUT2D eigenvalue weighted by molar-refractivity contribution is 7.84. The number of tetrazole rings is 1. The van der Waals surface area contributed by atoms with Gasteiger partial charge in [0.2, 0.25) is 0 Å². The highest BCUT2D eigenvalue weighted by atomic mass is 32.2. The van der Waals surface area contributed by atoms with Crippen LogP contribution in [0, 0.1) is 5.82 Å². The van der Waals surface area contributed by atoms with Crippen molar-refractivity contribution in [3.05, 3.63) is 24.0 Å². The summed E-state index contributed by atoms with van der Waals surface area (Å²) < 4.78 is 26.2. The molecule has 0 bridgehead atoms. The second kappa shape index (κ2) is 5.87. The van der Waals surface area contributed by atoms with Crippen molar-refractivity contribution in [2.45, 2.75) is 13.0 Å². The molecule has 102 valence electrons. The van der Waals surface area contributed by atoms with E-state index in [9.17, 15) is 8.60 Å². The van der Waals surface area contributed by atoms with E-state index >= 15 is 0 Å². The third-order valence-corrected chi connectivity index (χ3v) is 3.43. The van der Waals surface area contributed by atoms with Gasteiger partial charge < -0.3 is 5.73 Å². The maximum atomic E-state index is 13.8. The van der Waals surface area contributed by atoms with Gasteiger partial charge in [-0.1, -0.05) is 0 Å². The Balaban J connectivity index is 2.23. The lowest BCUT2D eigenvalue weighted by molar-refractivity contribution is 0.578. The number of nitrogens with zero attached hydrogens (tertiary/aromatic N) is 4. The van der Waals surface area contributed by atoms with E-state index in [0.717, 1.165) is 0 Å². The number of benzene rings is 1. The Morgan fingerprint density at radius 3 is 3.00 bits per heavy atom. The monoisotopic (exact) mass is 283 g/mol. The average Bonchev–Trinajstić information content (AvgIpc) is 2.80. The van der Waals surface area contributed by atoms with Crippen molar-refractivity contribution < 1.29 is 8.60 Å². The molecule has 1 aromatic carbocycles. The summed E-state index contributed by atoms with van der Waals surface area (Å²) in [5.74, 6) is 0.453. The Hall–Kier alpha value is -1.83. The van der Waals surface area contributed by atoms with Crippen molar-refractivity contribution in [2.24, 2.45) is 0 Å². The summed E-state index contributed by atoms with van der Waals surface area (Å²) in [5, 5.41) is 11.2. The van der Waals surface area contributed by atoms with Crippen LogP contribution in [-0.2, 0) is 17.3 Å². The van der Waals surface area contributed by atoms with Crippen molar-refractivity contribution in [3.63, 3.8) is 0 Å². The molecule has 2 rings (SSSR count). The zero-order chi connectivity index (χ0) is 13.8. The van der Waals surface area contributed by atoms with E-state index < -0.39 is 16.6 Å². The summed E-state index contributed by atoms with van der Waals surface area (Å²) in [5.41, 5.74) is 6.35. The molecule has 8 heteroatoms. The number of halogens is 1. The molecule has 0 spiro atoms. The first-order chi connectivity index (χ1) is 9.08. The van der Waals surface area contributed by atoms with Gasteiger partial charge >= 0.3 is 0 Å². The molecular formula is C11H14FN5OS. The molecule has 0 aliphatic carbocycles. The molecule has 6 nitrogen and oxygen atoms in total. The first-order valence-corrected chi connectivity index (χ1v) is 7.42. The van der Waals surface area contributed by atoms with Crippen LogP contribution >= 0.6 is 0 Å². The van der Waals surface area contributed by atoms with Gasteiger partial charge in [0.1, 0.15) is 5.82 Å². The van der Waals surface area contributed by atoms with Crippen LogP contribution in [0.1, 0.15) is 6.42 Å².